The SMILES string of the molecule is OC(CCC1CC1)c1cc(F)cc(Br)c1. The second-order valence-electron chi connectivity index (χ2n) is 4.24. The Morgan fingerprint density at radius 1 is 1.40 bits per heavy atom. The molecule has 2 rings (SSSR count). The lowest BCUT2D eigenvalue weighted by atomic mass is 10.0. The van der Waals surface area contributed by atoms with E-state index in [1.54, 1.807) is 6.07 Å². The molecule has 0 amide bonds. The fourth-order valence-electron chi connectivity index (χ4n) is 1.73. The molecule has 82 valence electrons. The smallest absolute Gasteiger partial charge is 0.124 e. The summed E-state index contributed by atoms with van der Waals surface area (Å²) in [5, 5.41) is 9.86. The summed E-state index contributed by atoms with van der Waals surface area (Å²) in [7, 11) is 0. The summed E-state index contributed by atoms with van der Waals surface area (Å²) in [6.45, 7) is 0. The fourth-order valence-corrected chi connectivity index (χ4v) is 2.22. The minimum atomic E-state index is -0.530. The molecule has 1 nitrogen and oxygen atoms in total. The van der Waals surface area contributed by atoms with Crippen LogP contribution in [0.1, 0.15) is 37.4 Å². The molecule has 3 heteroatoms. The van der Waals surface area contributed by atoms with Crippen molar-refractivity contribution < 1.29 is 9.50 Å². The Kier molecular flexibility index (Phi) is 3.42. The largest absolute Gasteiger partial charge is 0.388 e. The van der Waals surface area contributed by atoms with Crippen molar-refractivity contribution in [3.63, 3.8) is 0 Å². The minimum absolute atomic E-state index is 0.301. The number of halogens is 2. The zero-order valence-corrected chi connectivity index (χ0v) is 10.0. The lowest BCUT2D eigenvalue weighted by Crippen LogP contribution is -1.98. The van der Waals surface area contributed by atoms with Gasteiger partial charge in [-0.1, -0.05) is 28.8 Å². The highest BCUT2D eigenvalue weighted by molar-refractivity contribution is 9.10. The Morgan fingerprint density at radius 3 is 2.73 bits per heavy atom. The maximum atomic E-state index is 13.1. The summed E-state index contributed by atoms with van der Waals surface area (Å²) in [6.07, 6.45) is 3.84. The van der Waals surface area contributed by atoms with E-state index in [9.17, 15) is 9.50 Å². The summed E-state index contributed by atoms with van der Waals surface area (Å²) in [5.41, 5.74) is 0.669. The Balaban J connectivity index is 1.99. The highest BCUT2D eigenvalue weighted by Gasteiger charge is 2.22. The van der Waals surface area contributed by atoms with Crippen molar-refractivity contribution >= 4 is 15.9 Å². The van der Waals surface area contributed by atoms with Gasteiger partial charge in [-0.3, -0.25) is 0 Å². The molecule has 1 N–H and O–H groups in total. The van der Waals surface area contributed by atoms with Crippen LogP contribution in [0.3, 0.4) is 0 Å². The normalized spacial score (nSPS) is 17.8. The van der Waals surface area contributed by atoms with E-state index in [1.807, 2.05) is 0 Å². The molecule has 1 saturated carbocycles. The van der Waals surface area contributed by atoms with E-state index in [-0.39, 0.29) is 5.82 Å². The first kappa shape index (κ1) is 11.1. The highest BCUT2D eigenvalue weighted by Crippen LogP contribution is 2.36. The number of aliphatic hydroxyl groups is 1. The molecule has 1 unspecified atom stereocenters. The average Bonchev–Trinajstić information content (AvgIpc) is 2.96. The van der Waals surface area contributed by atoms with E-state index >= 15 is 0 Å². The molecule has 0 bridgehead atoms. The maximum Gasteiger partial charge on any atom is 0.124 e. The van der Waals surface area contributed by atoms with E-state index in [4.69, 9.17) is 0 Å². The standard InChI is InChI=1S/C12H14BrFO/c13-10-5-9(6-11(14)7-10)12(15)4-3-8-1-2-8/h5-8,12,15H,1-4H2. The van der Waals surface area contributed by atoms with Crippen LogP contribution >= 0.6 is 15.9 Å². The fraction of sp³-hybridized carbons (Fsp3) is 0.500. The summed E-state index contributed by atoms with van der Waals surface area (Å²) >= 11 is 3.22. The third-order valence-electron chi connectivity index (χ3n) is 2.81. The molecule has 1 aliphatic carbocycles. The topological polar surface area (TPSA) is 20.2 Å². The molecule has 0 saturated heterocycles. The Labute approximate surface area is 97.4 Å². The van der Waals surface area contributed by atoms with Crippen LogP contribution in [-0.2, 0) is 0 Å². The summed E-state index contributed by atoms with van der Waals surface area (Å²) in [4.78, 5) is 0. The van der Waals surface area contributed by atoms with Crippen molar-refractivity contribution in [2.24, 2.45) is 5.92 Å². The van der Waals surface area contributed by atoms with Crippen LogP contribution in [0.2, 0.25) is 0 Å². The average molecular weight is 273 g/mol. The number of aliphatic hydroxyl groups excluding tert-OH is 1. The number of benzene rings is 1. The van der Waals surface area contributed by atoms with Gasteiger partial charge in [-0.15, -0.1) is 0 Å². The van der Waals surface area contributed by atoms with Crippen LogP contribution in [0.5, 0.6) is 0 Å². The molecule has 0 heterocycles. The molecule has 15 heavy (non-hydrogen) atoms. The molecule has 0 radical (unpaired) electrons. The van der Waals surface area contributed by atoms with Crippen molar-refractivity contribution in [2.75, 3.05) is 0 Å². The van der Waals surface area contributed by atoms with Gasteiger partial charge < -0.3 is 5.11 Å². The van der Waals surface area contributed by atoms with Gasteiger partial charge in [-0.25, -0.2) is 4.39 Å². The number of rotatable bonds is 4. The molecule has 0 aliphatic heterocycles. The molecule has 1 aromatic rings. The second-order valence-corrected chi connectivity index (χ2v) is 5.15. The van der Waals surface area contributed by atoms with Crippen molar-refractivity contribution in [3.8, 4) is 0 Å². The maximum absolute atomic E-state index is 13.1. The van der Waals surface area contributed by atoms with Gasteiger partial charge in [0.25, 0.3) is 0 Å². The first-order valence-electron chi connectivity index (χ1n) is 5.29. The highest BCUT2D eigenvalue weighted by atomic mass is 79.9. The predicted octanol–water partition coefficient (Wildman–Crippen LogP) is 3.81. The molecule has 0 aromatic heterocycles. The van der Waals surface area contributed by atoms with Crippen molar-refractivity contribution in [2.45, 2.75) is 31.8 Å². The van der Waals surface area contributed by atoms with Gasteiger partial charge >= 0.3 is 0 Å². The van der Waals surface area contributed by atoms with Crippen molar-refractivity contribution in [1.29, 1.82) is 0 Å². The first-order valence-corrected chi connectivity index (χ1v) is 6.08. The van der Waals surface area contributed by atoms with Crippen LogP contribution < -0.4 is 0 Å². The molecule has 1 aliphatic rings. The van der Waals surface area contributed by atoms with Crippen LogP contribution in [0.25, 0.3) is 0 Å². The van der Waals surface area contributed by atoms with Crippen LogP contribution in [0.15, 0.2) is 22.7 Å². The van der Waals surface area contributed by atoms with Crippen LogP contribution in [-0.4, -0.2) is 5.11 Å². The van der Waals surface area contributed by atoms with E-state index in [2.05, 4.69) is 15.9 Å². The Bertz CT molecular complexity index is 329. The van der Waals surface area contributed by atoms with E-state index in [1.165, 1.54) is 25.0 Å². The second kappa shape index (κ2) is 4.62. The molecular weight excluding hydrogens is 259 g/mol. The molecule has 0 spiro atoms. The van der Waals surface area contributed by atoms with Crippen molar-refractivity contribution in [1.82, 2.24) is 0 Å². The third-order valence-corrected chi connectivity index (χ3v) is 3.27. The summed E-state index contributed by atoms with van der Waals surface area (Å²) < 4.78 is 13.7. The predicted molar refractivity (Wildman–Crippen MR) is 61.0 cm³/mol. The van der Waals surface area contributed by atoms with Gasteiger partial charge in [0.2, 0.25) is 0 Å². The number of hydrogen-bond donors (Lipinski definition) is 1. The van der Waals surface area contributed by atoms with E-state index < -0.39 is 6.10 Å². The Morgan fingerprint density at radius 2 is 2.13 bits per heavy atom. The monoisotopic (exact) mass is 272 g/mol. The van der Waals surface area contributed by atoms with Crippen LogP contribution in [0, 0.1) is 11.7 Å². The van der Waals surface area contributed by atoms with Gasteiger partial charge in [0.05, 0.1) is 6.10 Å². The number of hydrogen-bond acceptors (Lipinski definition) is 1. The zero-order chi connectivity index (χ0) is 10.8. The van der Waals surface area contributed by atoms with Crippen molar-refractivity contribution in [3.05, 3.63) is 34.1 Å². The molecular formula is C12H14BrFO. The quantitative estimate of drug-likeness (QED) is 0.884. The summed E-state index contributed by atoms with van der Waals surface area (Å²) in [5.74, 6) is 0.501. The van der Waals surface area contributed by atoms with Gasteiger partial charge in [0, 0.05) is 4.47 Å². The van der Waals surface area contributed by atoms with E-state index in [0.29, 0.717) is 10.0 Å². The van der Waals surface area contributed by atoms with Gasteiger partial charge in [0.1, 0.15) is 5.82 Å². The van der Waals surface area contributed by atoms with Crippen LogP contribution in [0.4, 0.5) is 4.39 Å². The third kappa shape index (κ3) is 3.28. The summed E-state index contributed by atoms with van der Waals surface area (Å²) in [6, 6.07) is 4.58. The first-order chi connectivity index (χ1) is 7.15. The molecule has 1 fully saturated rings. The minimum Gasteiger partial charge on any atom is -0.388 e. The van der Waals surface area contributed by atoms with E-state index in [0.717, 1.165) is 18.8 Å². The zero-order valence-electron chi connectivity index (χ0n) is 8.42. The molecule has 1 atom stereocenters. The van der Waals surface area contributed by atoms with Gasteiger partial charge in [-0.05, 0) is 42.5 Å². The Hall–Kier alpha value is -0.410. The van der Waals surface area contributed by atoms with Gasteiger partial charge in [-0.2, -0.15) is 0 Å². The molecule has 1 aromatic carbocycles. The van der Waals surface area contributed by atoms with Gasteiger partial charge in [0.15, 0.2) is 0 Å². The lowest BCUT2D eigenvalue weighted by Gasteiger charge is -2.11. The lowest BCUT2D eigenvalue weighted by molar-refractivity contribution is 0.162.